The van der Waals surface area contributed by atoms with E-state index < -0.39 is 9.05 Å². The molecule has 1 aromatic rings. The van der Waals surface area contributed by atoms with Gasteiger partial charge in [-0.05, 0) is 24.6 Å². The molecule has 0 fully saturated rings. The van der Waals surface area contributed by atoms with Crippen molar-refractivity contribution in [1.29, 1.82) is 0 Å². The number of halogens is 2. The van der Waals surface area contributed by atoms with Crippen LogP contribution in [0.4, 0.5) is 5.69 Å². The van der Waals surface area contributed by atoms with Crippen LogP contribution in [0, 0.1) is 5.92 Å². The maximum Gasteiger partial charge on any atom is 0.261 e. The molecule has 0 saturated heterocycles. The molecule has 0 aliphatic heterocycles. The monoisotopic (exact) mass is 337 g/mol. The third-order valence-electron chi connectivity index (χ3n) is 2.92. The highest BCUT2D eigenvalue weighted by molar-refractivity contribution is 8.13. The fraction of sp³-hybridized carbons (Fsp3) is 0.462. The van der Waals surface area contributed by atoms with Crippen LogP contribution in [0.5, 0.6) is 0 Å². The first-order valence-corrected chi connectivity index (χ1v) is 8.99. The summed E-state index contributed by atoms with van der Waals surface area (Å²) in [6, 6.07) is 3.96. The van der Waals surface area contributed by atoms with Gasteiger partial charge in [0.2, 0.25) is 5.91 Å². The van der Waals surface area contributed by atoms with Crippen LogP contribution in [0.3, 0.4) is 0 Å². The average Bonchev–Trinajstić information content (AvgIpc) is 2.36. The van der Waals surface area contributed by atoms with E-state index in [0.29, 0.717) is 5.69 Å². The molecule has 1 N–H and O–H groups in total. The van der Waals surface area contributed by atoms with Crippen LogP contribution in [0.1, 0.15) is 33.1 Å². The molecule has 0 saturated carbocycles. The first-order valence-electron chi connectivity index (χ1n) is 6.30. The van der Waals surface area contributed by atoms with Crippen LogP contribution in [0.15, 0.2) is 23.1 Å². The van der Waals surface area contributed by atoms with Crippen molar-refractivity contribution in [2.45, 2.75) is 38.0 Å². The molecule has 0 aliphatic rings. The Morgan fingerprint density at radius 3 is 2.55 bits per heavy atom. The highest BCUT2D eigenvalue weighted by Gasteiger charge is 2.16. The van der Waals surface area contributed by atoms with E-state index in [1.54, 1.807) is 0 Å². The summed E-state index contributed by atoms with van der Waals surface area (Å²) in [5.41, 5.74) is 0.379. The second-order valence-electron chi connectivity index (χ2n) is 4.61. The Balaban J connectivity index is 2.81. The van der Waals surface area contributed by atoms with E-state index in [0.717, 1.165) is 19.3 Å². The van der Waals surface area contributed by atoms with Crippen molar-refractivity contribution in [1.82, 2.24) is 0 Å². The minimum atomic E-state index is -3.82. The van der Waals surface area contributed by atoms with E-state index >= 15 is 0 Å². The van der Waals surface area contributed by atoms with Crippen molar-refractivity contribution in [3.8, 4) is 0 Å². The van der Waals surface area contributed by atoms with Gasteiger partial charge in [0.25, 0.3) is 9.05 Å². The summed E-state index contributed by atoms with van der Waals surface area (Å²) < 4.78 is 22.3. The topological polar surface area (TPSA) is 63.2 Å². The molecule has 1 aromatic carbocycles. The molecule has 0 bridgehead atoms. The van der Waals surface area contributed by atoms with Crippen LogP contribution >= 0.6 is 22.3 Å². The standard InChI is InChI=1S/C13H17Cl2NO3S/c1-3-4-5-9(2)13(17)16-12-7-6-10(8-11(12)14)20(15,18)19/h6-9H,3-5H2,1-2H3,(H,16,17). The summed E-state index contributed by atoms with van der Waals surface area (Å²) >= 11 is 5.95. The zero-order valence-electron chi connectivity index (χ0n) is 11.3. The summed E-state index contributed by atoms with van der Waals surface area (Å²) in [7, 11) is 1.40. The molecule has 20 heavy (non-hydrogen) atoms. The number of anilines is 1. The van der Waals surface area contributed by atoms with E-state index in [-0.39, 0.29) is 21.7 Å². The van der Waals surface area contributed by atoms with E-state index in [1.807, 2.05) is 6.92 Å². The van der Waals surface area contributed by atoms with E-state index in [2.05, 4.69) is 12.2 Å². The number of rotatable bonds is 6. The Morgan fingerprint density at radius 2 is 2.05 bits per heavy atom. The van der Waals surface area contributed by atoms with Gasteiger partial charge < -0.3 is 5.32 Å². The summed E-state index contributed by atoms with van der Waals surface area (Å²) in [6.45, 7) is 3.91. The molecule has 1 atom stereocenters. The van der Waals surface area contributed by atoms with Crippen molar-refractivity contribution >= 4 is 42.9 Å². The number of nitrogens with one attached hydrogen (secondary N) is 1. The second kappa shape index (κ2) is 7.29. The largest absolute Gasteiger partial charge is 0.325 e. The van der Waals surface area contributed by atoms with Gasteiger partial charge in [-0.2, -0.15) is 0 Å². The van der Waals surface area contributed by atoms with Crippen LogP contribution in [0.2, 0.25) is 5.02 Å². The fourth-order valence-electron chi connectivity index (χ4n) is 1.65. The van der Waals surface area contributed by atoms with E-state index in [9.17, 15) is 13.2 Å². The number of hydrogen-bond acceptors (Lipinski definition) is 3. The van der Waals surface area contributed by atoms with Gasteiger partial charge in [0.1, 0.15) is 0 Å². The molecule has 7 heteroatoms. The highest BCUT2D eigenvalue weighted by atomic mass is 35.7. The Kier molecular flexibility index (Phi) is 6.30. The predicted molar refractivity (Wildman–Crippen MR) is 81.8 cm³/mol. The number of unbranched alkanes of at least 4 members (excludes halogenated alkanes) is 1. The number of benzene rings is 1. The molecule has 1 rings (SSSR count). The maximum absolute atomic E-state index is 11.9. The zero-order chi connectivity index (χ0) is 15.3. The fourth-order valence-corrected chi connectivity index (χ4v) is 2.72. The Bertz CT molecular complexity index is 587. The molecule has 112 valence electrons. The Labute approximate surface area is 128 Å². The van der Waals surface area contributed by atoms with Gasteiger partial charge in [-0.25, -0.2) is 8.42 Å². The molecule has 1 amide bonds. The van der Waals surface area contributed by atoms with Crippen molar-refractivity contribution in [3.05, 3.63) is 23.2 Å². The average molecular weight is 338 g/mol. The predicted octanol–water partition coefficient (Wildman–Crippen LogP) is 4.03. The van der Waals surface area contributed by atoms with E-state index in [4.69, 9.17) is 22.3 Å². The van der Waals surface area contributed by atoms with Gasteiger partial charge in [-0.3, -0.25) is 4.79 Å². The third kappa shape index (κ3) is 4.96. The molecule has 0 aromatic heterocycles. The first kappa shape index (κ1) is 17.3. The normalized spacial score (nSPS) is 13.0. The van der Waals surface area contributed by atoms with Gasteiger partial charge >= 0.3 is 0 Å². The van der Waals surface area contributed by atoms with Gasteiger partial charge in [-0.15, -0.1) is 0 Å². The lowest BCUT2D eigenvalue weighted by molar-refractivity contribution is -0.119. The minimum absolute atomic E-state index is 0.0961. The smallest absolute Gasteiger partial charge is 0.261 e. The number of hydrogen-bond donors (Lipinski definition) is 1. The molecule has 0 spiro atoms. The first-order chi connectivity index (χ1) is 9.25. The summed E-state index contributed by atoms with van der Waals surface area (Å²) in [4.78, 5) is 11.8. The quantitative estimate of drug-likeness (QED) is 0.797. The molecular weight excluding hydrogens is 321 g/mol. The van der Waals surface area contributed by atoms with Gasteiger partial charge in [0.05, 0.1) is 15.6 Å². The van der Waals surface area contributed by atoms with Crippen LogP contribution in [-0.2, 0) is 13.8 Å². The van der Waals surface area contributed by atoms with Crippen molar-refractivity contribution in [3.63, 3.8) is 0 Å². The van der Waals surface area contributed by atoms with Gasteiger partial charge in [-0.1, -0.05) is 38.3 Å². The third-order valence-corrected chi connectivity index (χ3v) is 4.58. The highest BCUT2D eigenvalue weighted by Crippen LogP contribution is 2.27. The van der Waals surface area contributed by atoms with Crippen molar-refractivity contribution < 1.29 is 13.2 Å². The van der Waals surface area contributed by atoms with Crippen molar-refractivity contribution in [2.75, 3.05) is 5.32 Å². The Morgan fingerprint density at radius 1 is 1.40 bits per heavy atom. The molecule has 0 heterocycles. The summed E-state index contributed by atoms with van der Waals surface area (Å²) in [6.07, 6.45) is 2.81. The molecule has 0 aliphatic carbocycles. The lowest BCUT2D eigenvalue weighted by atomic mass is 10.0. The molecule has 1 unspecified atom stereocenters. The zero-order valence-corrected chi connectivity index (χ0v) is 13.6. The second-order valence-corrected chi connectivity index (χ2v) is 7.59. The van der Waals surface area contributed by atoms with Crippen LogP contribution < -0.4 is 5.32 Å². The molecule has 4 nitrogen and oxygen atoms in total. The van der Waals surface area contributed by atoms with Crippen LogP contribution in [0.25, 0.3) is 0 Å². The summed E-state index contributed by atoms with van der Waals surface area (Å²) in [5, 5.41) is 2.83. The van der Waals surface area contributed by atoms with Gasteiger partial charge in [0.15, 0.2) is 0 Å². The van der Waals surface area contributed by atoms with Crippen molar-refractivity contribution in [2.24, 2.45) is 5.92 Å². The lowest BCUT2D eigenvalue weighted by Gasteiger charge is -2.13. The Hall–Kier alpha value is -0.780. The van der Waals surface area contributed by atoms with Crippen LogP contribution in [-0.4, -0.2) is 14.3 Å². The minimum Gasteiger partial charge on any atom is -0.325 e. The number of carbonyl (C=O) groups is 1. The maximum atomic E-state index is 11.9. The van der Waals surface area contributed by atoms with Gasteiger partial charge in [0, 0.05) is 16.6 Å². The molecule has 0 radical (unpaired) electrons. The molecular formula is C13H17Cl2NO3S. The lowest BCUT2D eigenvalue weighted by Crippen LogP contribution is -2.20. The number of amides is 1. The van der Waals surface area contributed by atoms with E-state index in [1.165, 1.54) is 18.2 Å². The SMILES string of the molecule is CCCCC(C)C(=O)Nc1ccc(S(=O)(=O)Cl)cc1Cl. The number of carbonyl (C=O) groups excluding carboxylic acids is 1. The summed E-state index contributed by atoms with van der Waals surface area (Å²) in [5.74, 6) is -0.260.